The van der Waals surface area contributed by atoms with E-state index < -0.39 is 5.97 Å². The van der Waals surface area contributed by atoms with Gasteiger partial charge in [0, 0.05) is 0 Å². The minimum Gasteiger partial charge on any atom is -0.508 e. The van der Waals surface area contributed by atoms with Crippen LogP contribution in [0, 0.1) is 0 Å². The average molecular weight is 220 g/mol. The number of carbonyl (C=O) groups is 1. The van der Waals surface area contributed by atoms with Gasteiger partial charge in [0.15, 0.2) is 0 Å². The number of benzene rings is 1. The monoisotopic (exact) mass is 220 g/mol. The van der Waals surface area contributed by atoms with Crippen LogP contribution < -0.4 is 0 Å². The van der Waals surface area contributed by atoms with Crippen LogP contribution in [-0.4, -0.2) is 16.2 Å². The summed E-state index contributed by atoms with van der Waals surface area (Å²) in [5.41, 5.74) is 1.53. The standard InChI is InChI=1S/C13H16O3/c1-2-3-4-5-11-8-10(9-13(15)16)6-7-12(11)14/h2-3,6-8,14H,4-5,9H2,1H3,(H,15,16)/b3-2+. The van der Waals surface area contributed by atoms with Crippen molar-refractivity contribution in [2.75, 3.05) is 0 Å². The smallest absolute Gasteiger partial charge is 0.307 e. The molecular formula is C13H16O3. The topological polar surface area (TPSA) is 57.5 Å². The maximum absolute atomic E-state index is 10.6. The molecule has 3 nitrogen and oxygen atoms in total. The van der Waals surface area contributed by atoms with Gasteiger partial charge in [-0.05, 0) is 37.0 Å². The van der Waals surface area contributed by atoms with Crippen molar-refractivity contribution in [3.63, 3.8) is 0 Å². The fraction of sp³-hybridized carbons (Fsp3) is 0.308. The summed E-state index contributed by atoms with van der Waals surface area (Å²) < 4.78 is 0. The van der Waals surface area contributed by atoms with E-state index in [2.05, 4.69) is 0 Å². The zero-order chi connectivity index (χ0) is 12.0. The van der Waals surface area contributed by atoms with Gasteiger partial charge in [-0.1, -0.05) is 24.3 Å². The molecule has 0 aliphatic heterocycles. The highest BCUT2D eigenvalue weighted by Gasteiger charge is 2.05. The number of carboxylic acid groups (broad SMARTS) is 1. The highest BCUT2D eigenvalue weighted by atomic mass is 16.4. The summed E-state index contributed by atoms with van der Waals surface area (Å²) in [6.45, 7) is 1.95. The first-order valence-corrected chi connectivity index (χ1v) is 5.27. The molecule has 0 aliphatic carbocycles. The maximum atomic E-state index is 10.6. The van der Waals surface area contributed by atoms with Crippen molar-refractivity contribution in [2.24, 2.45) is 0 Å². The molecule has 0 spiro atoms. The summed E-state index contributed by atoms with van der Waals surface area (Å²) >= 11 is 0. The van der Waals surface area contributed by atoms with E-state index in [1.807, 2.05) is 19.1 Å². The van der Waals surface area contributed by atoms with Crippen molar-refractivity contribution in [3.05, 3.63) is 41.5 Å². The van der Waals surface area contributed by atoms with Gasteiger partial charge in [0.25, 0.3) is 0 Å². The number of rotatable bonds is 5. The Morgan fingerprint density at radius 2 is 2.19 bits per heavy atom. The Labute approximate surface area is 95.0 Å². The van der Waals surface area contributed by atoms with Crippen molar-refractivity contribution in [1.29, 1.82) is 0 Å². The number of allylic oxidation sites excluding steroid dienone is 2. The van der Waals surface area contributed by atoms with Gasteiger partial charge in [-0.25, -0.2) is 0 Å². The number of hydrogen-bond acceptors (Lipinski definition) is 2. The van der Waals surface area contributed by atoms with Crippen LogP contribution in [0.25, 0.3) is 0 Å². The molecule has 1 aromatic carbocycles. The minimum atomic E-state index is -0.856. The van der Waals surface area contributed by atoms with Crippen LogP contribution in [0.4, 0.5) is 0 Å². The molecule has 1 rings (SSSR count). The van der Waals surface area contributed by atoms with E-state index in [1.54, 1.807) is 18.2 Å². The maximum Gasteiger partial charge on any atom is 0.307 e. The van der Waals surface area contributed by atoms with Crippen molar-refractivity contribution >= 4 is 5.97 Å². The van der Waals surface area contributed by atoms with E-state index in [0.29, 0.717) is 0 Å². The Kier molecular flexibility index (Phi) is 4.58. The van der Waals surface area contributed by atoms with Crippen molar-refractivity contribution < 1.29 is 15.0 Å². The summed E-state index contributed by atoms with van der Waals surface area (Å²) in [7, 11) is 0. The lowest BCUT2D eigenvalue weighted by Crippen LogP contribution is -2.00. The number of aliphatic carboxylic acids is 1. The number of aromatic hydroxyl groups is 1. The zero-order valence-corrected chi connectivity index (χ0v) is 9.31. The predicted molar refractivity (Wildman–Crippen MR) is 62.6 cm³/mol. The second-order valence-electron chi connectivity index (χ2n) is 3.64. The normalized spacial score (nSPS) is 10.8. The van der Waals surface area contributed by atoms with E-state index in [4.69, 9.17) is 5.11 Å². The van der Waals surface area contributed by atoms with Crippen LogP contribution in [0.2, 0.25) is 0 Å². The molecular weight excluding hydrogens is 204 g/mol. The van der Waals surface area contributed by atoms with Crippen LogP contribution in [0.5, 0.6) is 5.75 Å². The third kappa shape index (κ3) is 3.77. The van der Waals surface area contributed by atoms with Gasteiger partial charge in [-0.2, -0.15) is 0 Å². The average Bonchev–Trinajstić information content (AvgIpc) is 2.22. The first kappa shape index (κ1) is 12.3. The highest BCUT2D eigenvalue weighted by Crippen LogP contribution is 2.20. The van der Waals surface area contributed by atoms with Crippen LogP contribution >= 0.6 is 0 Å². The summed E-state index contributed by atoms with van der Waals surface area (Å²) in [4.78, 5) is 10.6. The van der Waals surface area contributed by atoms with E-state index in [9.17, 15) is 9.90 Å². The summed E-state index contributed by atoms with van der Waals surface area (Å²) in [5, 5.41) is 18.3. The number of phenols is 1. The number of hydrogen-bond donors (Lipinski definition) is 2. The third-order valence-corrected chi connectivity index (χ3v) is 2.32. The lowest BCUT2D eigenvalue weighted by atomic mass is 10.0. The van der Waals surface area contributed by atoms with Crippen molar-refractivity contribution in [3.8, 4) is 5.75 Å². The van der Waals surface area contributed by atoms with Gasteiger partial charge >= 0.3 is 5.97 Å². The van der Waals surface area contributed by atoms with E-state index in [0.717, 1.165) is 24.0 Å². The zero-order valence-electron chi connectivity index (χ0n) is 9.31. The van der Waals surface area contributed by atoms with Crippen LogP contribution in [0.3, 0.4) is 0 Å². The van der Waals surface area contributed by atoms with Gasteiger partial charge in [0.05, 0.1) is 6.42 Å². The summed E-state index contributed by atoms with van der Waals surface area (Å²) in [5.74, 6) is -0.622. The van der Waals surface area contributed by atoms with Crippen LogP contribution in [0.1, 0.15) is 24.5 Å². The molecule has 0 aromatic heterocycles. The minimum absolute atomic E-state index is 0.00308. The van der Waals surface area contributed by atoms with Gasteiger partial charge in [0.2, 0.25) is 0 Å². The Morgan fingerprint density at radius 1 is 1.44 bits per heavy atom. The SMILES string of the molecule is C/C=C/CCc1cc(CC(=O)O)ccc1O. The molecule has 0 radical (unpaired) electrons. The third-order valence-electron chi connectivity index (χ3n) is 2.32. The van der Waals surface area contributed by atoms with Gasteiger partial charge in [-0.3, -0.25) is 4.79 Å². The Hall–Kier alpha value is -1.77. The molecule has 0 saturated heterocycles. The molecule has 0 atom stereocenters. The number of phenolic OH excluding ortho intramolecular Hbond substituents is 1. The van der Waals surface area contributed by atoms with Gasteiger partial charge in [0.1, 0.15) is 5.75 Å². The molecule has 86 valence electrons. The van der Waals surface area contributed by atoms with Crippen LogP contribution in [-0.2, 0) is 17.6 Å². The fourth-order valence-electron chi connectivity index (χ4n) is 1.53. The van der Waals surface area contributed by atoms with E-state index in [1.165, 1.54) is 0 Å². The lowest BCUT2D eigenvalue weighted by Gasteiger charge is -2.05. The van der Waals surface area contributed by atoms with Gasteiger partial charge in [-0.15, -0.1) is 0 Å². The van der Waals surface area contributed by atoms with Crippen molar-refractivity contribution in [1.82, 2.24) is 0 Å². The van der Waals surface area contributed by atoms with Gasteiger partial charge < -0.3 is 10.2 Å². The molecule has 3 heteroatoms. The first-order chi connectivity index (χ1) is 7.63. The Balaban J connectivity index is 2.77. The molecule has 2 N–H and O–H groups in total. The molecule has 0 saturated carbocycles. The largest absolute Gasteiger partial charge is 0.508 e. The molecule has 0 aliphatic rings. The number of carboxylic acids is 1. The van der Waals surface area contributed by atoms with Crippen molar-refractivity contribution in [2.45, 2.75) is 26.2 Å². The second kappa shape index (κ2) is 5.95. The second-order valence-corrected chi connectivity index (χ2v) is 3.64. The lowest BCUT2D eigenvalue weighted by molar-refractivity contribution is -0.136. The predicted octanol–water partition coefficient (Wildman–Crippen LogP) is 2.53. The van der Waals surface area contributed by atoms with Crippen LogP contribution in [0.15, 0.2) is 30.4 Å². The van der Waals surface area contributed by atoms with E-state index in [-0.39, 0.29) is 12.2 Å². The molecule has 1 aromatic rings. The molecule has 16 heavy (non-hydrogen) atoms. The number of aryl methyl sites for hydroxylation is 1. The molecule has 0 fully saturated rings. The van der Waals surface area contributed by atoms with E-state index >= 15 is 0 Å². The highest BCUT2D eigenvalue weighted by molar-refractivity contribution is 5.70. The summed E-state index contributed by atoms with van der Waals surface area (Å²) in [6.07, 6.45) is 5.54. The fourth-order valence-corrected chi connectivity index (χ4v) is 1.53. The Bertz CT molecular complexity index is 394. The quantitative estimate of drug-likeness (QED) is 0.750. The molecule has 0 heterocycles. The Morgan fingerprint density at radius 3 is 2.81 bits per heavy atom. The molecule has 0 unspecified atom stereocenters. The first-order valence-electron chi connectivity index (χ1n) is 5.27. The molecule has 0 bridgehead atoms. The summed E-state index contributed by atoms with van der Waals surface area (Å²) in [6, 6.07) is 4.96. The molecule has 0 amide bonds.